The summed E-state index contributed by atoms with van der Waals surface area (Å²) >= 11 is 0. The number of aromatic nitrogens is 2. The summed E-state index contributed by atoms with van der Waals surface area (Å²) in [6.45, 7) is 2.37. The van der Waals surface area contributed by atoms with E-state index in [0.717, 1.165) is 61.1 Å². The molecule has 0 fully saturated rings. The molecule has 2 heterocycles. The molecule has 0 amide bonds. The van der Waals surface area contributed by atoms with Crippen molar-refractivity contribution in [2.75, 3.05) is 0 Å². The van der Waals surface area contributed by atoms with Gasteiger partial charge in [-0.1, -0.05) is 164 Å². The Morgan fingerprint density at radius 2 is 0.947 bits per heavy atom. The van der Waals surface area contributed by atoms with Crippen molar-refractivity contribution in [2.24, 2.45) is 0 Å². The van der Waals surface area contributed by atoms with Crippen LogP contribution in [0, 0.1) is 0 Å². The van der Waals surface area contributed by atoms with Crippen LogP contribution >= 0.6 is 0 Å². The SMILES string of the molecule is CC1(c2ccccc2)c2ccccc2-c2ccc(-c3ccc(-c4cc(-c5cccc(-c6ccc7oc8ccccc8c7c6)c5)nc(-c5ccccc5)n4)cc3)cc21. The zero-order chi connectivity index (χ0) is 37.9. The number of nitrogens with zero attached hydrogens (tertiary/aromatic N) is 2. The van der Waals surface area contributed by atoms with Crippen molar-refractivity contribution in [3.8, 4) is 67.3 Å². The van der Waals surface area contributed by atoms with Crippen LogP contribution in [0.3, 0.4) is 0 Å². The molecule has 2 aromatic heterocycles. The molecule has 1 unspecified atom stereocenters. The molecule has 57 heavy (non-hydrogen) atoms. The van der Waals surface area contributed by atoms with Gasteiger partial charge in [0.05, 0.1) is 11.4 Å². The third kappa shape index (κ3) is 5.50. The first-order chi connectivity index (χ1) is 28.1. The lowest BCUT2D eigenvalue weighted by Gasteiger charge is -2.28. The van der Waals surface area contributed by atoms with E-state index in [1.54, 1.807) is 0 Å². The second-order valence-electron chi connectivity index (χ2n) is 15.1. The van der Waals surface area contributed by atoms with Gasteiger partial charge in [-0.25, -0.2) is 9.97 Å². The van der Waals surface area contributed by atoms with Crippen molar-refractivity contribution in [3.05, 3.63) is 217 Å². The smallest absolute Gasteiger partial charge is 0.160 e. The highest BCUT2D eigenvalue weighted by atomic mass is 16.3. The number of furan rings is 1. The Kier molecular flexibility index (Phi) is 7.61. The summed E-state index contributed by atoms with van der Waals surface area (Å²) in [5.41, 5.74) is 17.6. The largest absolute Gasteiger partial charge is 0.456 e. The normalized spacial score (nSPS) is 14.5. The van der Waals surface area contributed by atoms with Gasteiger partial charge >= 0.3 is 0 Å². The van der Waals surface area contributed by atoms with Gasteiger partial charge in [0, 0.05) is 32.9 Å². The molecule has 0 saturated carbocycles. The zero-order valence-electron chi connectivity index (χ0n) is 31.4. The van der Waals surface area contributed by atoms with Crippen LogP contribution in [-0.2, 0) is 5.41 Å². The molecule has 3 heteroatoms. The molecule has 11 rings (SSSR count). The van der Waals surface area contributed by atoms with Gasteiger partial charge in [0.1, 0.15) is 11.2 Å². The molecule has 0 spiro atoms. The summed E-state index contributed by atoms with van der Waals surface area (Å²) in [4.78, 5) is 10.3. The van der Waals surface area contributed by atoms with Crippen LogP contribution in [0.2, 0.25) is 0 Å². The Morgan fingerprint density at radius 3 is 1.79 bits per heavy atom. The predicted molar refractivity (Wildman–Crippen MR) is 234 cm³/mol. The molecule has 3 nitrogen and oxygen atoms in total. The maximum absolute atomic E-state index is 6.12. The molecule has 0 radical (unpaired) electrons. The Bertz CT molecular complexity index is 3130. The standard InChI is InChI=1S/C54H36N2O/c1-54(42-17-6-3-7-18-42)47-21-10-8-19-43(47)44-29-27-40(33-48(44)54)35-23-25-36(26-24-35)49-34-50(56-53(55-49)37-13-4-2-5-14-37)41-16-12-15-38(31-41)39-28-30-52-46(32-39)45-20-9-11-22-51(45)57-52/h2-34H,1H3. The van der Waals surface area contributed by atoms with Crippen molar-refractivity contribution in [1.82, 2.24) is 9.97 Å². The maximum atomic E-state index is 6.12. The number of hydrogen-bond donors (Lipinski definition) is 0. The molecule has 1 aliphatic rings. The van der Waals surface area contributed by atoms with Gasteiger partial charge in [-0.2, -0.15) is 0 Å². The van der Waals surface area contributed by atoms with Crippen LogP contribution in [0.25, 0.3) is 89.2 Å². The van der Waals surface area contributed by atoms with Gasteiger partial charge in [-0.05, 0) is 93.4 Å². The highest BCUT2D eigenvalue weighted by Gasteiger charge is 2.40. The lowest BCUT2D eigenvalue weighted by atomic mass is 9.74. The monoisotopic (exact) mass is 728 g/mol. The minimum Gasteiger partial charge on any atom is -0.456 e. The summed E-state index contributed by atoms with van der Waals surface area (Å²) in [6, 6.07) is 71.2. The predicted octanol–water partition coefficient (Wildman–Crippen LogP) is 14.0. The van der Waals surface area contributed by atoms with Gasteiger partial charge in [-0.3, -0.25) is 0 Å². The van der Waals surface area contributed by atoms with E-state index in [-0.39, 0.29) is 5.41 Å². The van der Waals surface area contributed by atoms with Crippen LogP contribution in [0.5, 0.6) is 0 Å². The molecule has 10 aromatic rings. The average Bonchev–Trinajstić information content (AvgIpc) is 3.79. The Labute approximate surface area is 331 Å². The van der Waals surface area contributed by atoms with Gasteiger partial charge in [0.15, 0.2) is 5.82 Å². The molecule has 0 bridgehead atoms. The van der Waals surface area contributed by atoms with Crippen molar-refractivity contribution in [3.63, 3.8) is 0 Å². The zero-order valence-corrected chi connectivity index (χ0v) is 31.4. The molecular weight excluding hydrogens is 693 g/mol. The van der Waals surface area contributed by atoms with Gasteiger partial charge in [0.2, 0.25) is 0 Å². The third-order valence-electron chi connectivity index (χ3n) is 11.8. The van der Waals surface area contributed by atoms with Crippen LogP contribution < -0.4 is 0 Å². The van der Waals surface area contributed by atoms with E-state index < -0.39 is 0 Å². The average molecular weight is 729 g/mol. The molecule has 1 aliphatic carbocycles. The van der Waals surface area contributed by atoms with Crippen LogP contribution in [0.15, 0.2) is 205 Å². The first-order valence-corrected chi connectivity index (χ1v) is 19.5. The van der Waals surface area contributed by atoms with E-state index in [9.17, 15) is 0 Å². The Hall–Kier alpha value is -7.36. The molecule has 0 N–H and O–H groups in total. The lowest BCUT2D eigenvalue weighted by Crippen LogP contribution is -2.22. The topological polar surface area (TPSA) is 38.9 Å². The van der Waals surface area contributed by atoms with Gasteiger partial charge < -0.3 is 4.42 Å². The minimum absolute atomic E-state index is 0.244. The Balaban J connectivity index is 0.974. The van der Waals surface area contributed by atoms with Crippen molar-refractivity contribution in [2.45, 2.75) is 12.3 Å². The Morgan fingerprint density at radius 1 is 0.368 bits per heavy atom. The summed E-state index contributed by atoms with van der Waals surface area (Å²) in [5, 5.41) is 2.24. The number of para-hydroxylation sites is 1. The number of rotatable bonds is 6. The summed E-state index contributed by atoms with van der Waals surface area (Å²) in [5.74, 6) is 0.697. The second-order valence-corrected chi connectivity index (χ2v) is 15.1. The van der Waals surface area contributed by atoms with E-state index in [1.807, 2.05) is 30.3 Å². The summed E-state index contributed by atoms with van der Waals surface area (Å²) in [6.07, 6.45) is 0. The molecular formula is C54H36N2O. The van der Waals surface area contributed by atoms with Crippen molar-refractivity contribution < 1.29 is 4.42 Å². The van der Waals surface area contributed by atoms with Crippen LogP contribution in [0.1, 0.15) is 23.6 Å². The first kappa shape index (κ1) is 33.0. The van der Waals surface area contributed by atoms with E-state index in [2.05, 4.69) is 177 Å². The fourth-order valence-electron chi connectivity index (χ4n) is 8.81. The van der Waals surface area contributed by atoms with Crippen LogP contribution in [-0.4, -0.2) is 9.97 Å². The van der Waals surface area contributed by atoms with Gasteiger partial charge in [-0.15, -0.1) is 0 Å². The quantitative estimate of drug-likeness (QED) is 0.171. The van der Waals surface area contributed by atoms with E-state index in [0.29, 0.717) is 5.82 Å². The highest BCUT2D eigenvalue weighted by Crippen LogP contribution is 2.53. The highest BCUT2D eigenvalue weighted by molar-refractivity contribution is 6.06. The fourth-order valence-corrected chi connectivity index (χ4v) is 8.81. The summed E-state index contributed by atoms with van der Waals surface area (Å²) < 4.78 is 6.12. The molecule has 268 valence electrons. The second kappa shape index (κ2) is 13.1. The maximum Gasteiger partial charge on any atom is 0.160 e. The van der Waals surface area contributed by atoms with Crippen molar-refractivity contribution >= 4 is 21.9 Å². The van der Waals surface area contributed by atoms with E-state index in [4.69, 9.17) is 14.4 Å². The fraction of sp³-hybridized carbons (Fsp3) is 0.0370. The van der Waals surface area contributed by atoms with E-state index in [1.165, 1.54) is 38.9 Å². The lowest BCUT2D eigenvalue weighted by molar-refractivity contribution is 0.669. The molecule has 1 atom stereocenters. The molecule has 8 aromatic carbocycles. The number of fused-ring (bicyclic) bond motifs is 6. The number of hydrogen-bond acceptors (Lipinski definition) is 3. The third-order valence-corrected chi connectivity index (χ3v) is 11.8. The van der Waals surface area contributed by atoms with E-state index >= 15 is 0 Å². The molecule has 0 aliphatic heterocycles. The summed E-state index contributed by atoms with van der Waals surface area (Å²) in [7, 11) is 0. The van der Waals surface area contributed by atoms with Crippen molar-refractivity contribution in [1.29, 1.82) is 0 Å². The first-order valence-electron chi connectivity index (χ1n) is 19.5. The number of benzene rings is 8. The van der Waals surface area contributed by atoms with Crippen LogP contribution in [0.4, 0.5) is 0 Å². The minimum atomic E-state index is -0.244. The van der Waals surface area contributed by atoms with Gasteiger partial charge in [0.25, 0.3) is 0 Å². The molecule has 0 saturated heterocycles.